The fourth-order valence-corrected chi connectivity index (χ4v) is 1.54. The molecule has 2 aromatic rings. The lowest BCUT2D eigenvalue weighted by atomic mass is 10.2. The summed E-state index contributed by atoms with van der Waals surface area (Å²) >= 11 is 0. The van der Waals surface area contributed by atoms with Crippen molar-refractivity contribution in [3.63, 3.8) is 0 Å². The number of ether oxygens (including phenoxy) is 1. The van der Waals surface area contributed by atoms with E-state index < -0.39 is 4.92 Å². The van der Waals surface area contributed by atoms with Crippen LogP contribution in [-0.2, 0) is 0 Å². The number of nitrogen functional groups attached to an aromatic ring is 2. The zero-order chi connectivity index (χ0) is 14.7. The molecule has 0 radical (unpaired) electrons. The Kier molecular flexibility index (Phi) is 3.62. The topological polar surface area (TPSA) is 142 Å². The molecule has 0 unspecified atom stereocenters. The quantitative estimate of drug-likeness (QED) is 0.431. The van der Waals surface area contributed by atoms with Gasteiger partial charge in [-0.05, 0) is 18.6 Å². The van der Waals surface area contributed by atoms with Gasteiger partial charge in [0.15, 0.2) is 0 Å². The molecule has 104 valence electrons. The molecule has 0 saturated carbocycles. The first-order valence-corrected chi connectivity index (χ1v) is 5.53. The van der Waals surface area contributed by atoms with E-state index in [0.29, 0.717) is 0 Å². The van der Waals surface area contributed by atoms with Crippen LogP contribution in [0.25, 0.3) is 0 Å². The standard InChI is InChI=1S/C11H12N6O3/c1-6-2-3-7(17(18)19)8(4-6)20-10-5-9(16-13)14-11(12)15-10/h2-5H,13H2,1H3,(H3,12,14,15,16). The van der Waals surface area contributed by atoms with Crippen LogP contribution < -0.4 is 21.7 Å². The molecule has 0 amide bonds. The van der Waals surface area contributed by atoms with Crippen LogP contribution in [0, 0.1) is 17.0 Å². The SMILES string of the molecule is Cc1ccc([N+](=O)[O-])c(Oc2cc(NN)nc(N)n2)c1. The van der Waals surface area contributed by atoms with Crippen LogP contribution in [0.4, 0.5) is 17.5 Å². The summed E-state index contributed by atoms with van der Waals surface area (Å²) in [6.45, 7) is 1.79. The second-order valence-corrected chi connectivity index (χ2v) is 3.92. The van der Waals surface area contributed by atoms with E-state index in [1.807, 2.05) is 0 Å². The van der Waals surface area contributed by atoms with Crippen molar-refractivity contribution in [3.05, 3.63) is 39.9 Å². The maximum Gasteiger partial charge on any atom is 0.311 e. The second-order valence-electron chi connectivity index (χ2n) is 3.92. The van der Waals surface area contributed by atoms with Crippen molar-refractivity contribution < 1.29 is 9.66 Å². The van der Waals surface area contributed by atoms with Crippen molar-refractivity contribution in [1.82, 2.24) is 9.97 Å². The first kappa shape index (κ1) is 13.5. The number of nitro benzene ring substituents is 1. The number of aromatic nitrogens is 2. The molecule has 0 aliphatic heterocycles. The number of nitrogens with one attached hydrogen (secondary N) is 1. The summed E-state index contributed by atoms with van der Waals surface area (Å²) in [5, 5.41) is 10.9. The molecule has 0 aliphatic rings. The summed E-state index contributed by atoms with van der Waals surface area (Å²) in [5.41, 5.74) is 8.42. The number of nitrogens with zero attached hydrogens (tertiary/aromatic N) is 3. The molecule has 0 bridgehead atoms. The van der Waals surface area contributed by atoms with E-state index in [4.69, 9.17) is 16.3 Å². The third-order valence-corrected chi connectivity index (χ3v) is 2.39. The predicted octanol–water partition coefficient (Wildman–Crippen LogP) is 1.35. The maximum atomic E-state index is 10.9. The van der Waals surface area contributed by atoms with Gasteiger partial charge in [0.05, 0.1) is 4.92 Å². The van der Waals surface area contributed by atoms with Crippen LogP contribution in [0.3, 0.4) is 0 Å². The third-order valence-electron chi connectivity index (χ3n) is 2.39. The van der Waals surface area contributed by atoms with Crippen molar-refractivity contribution in [1.29, 1.82) is 0 Å². The Balaban J connectivity index is 2.41. The summed E-state index contributed by atoms with van der Waals surface area (Å²) in [6.07, 6.45) is 0. The zero-order valence-electron chi connectivity index (χ0n) is 10.5. The van der Waals surface area contributed by atoms with Crippen LogP contribution in [0.1, 0.15) is 5.56 Å². The van der Waals surface area contributed by atoms with E-state index in [1.165, 1.54) is 18.2 Å². The van der Waals surface area contributed by atoms with Crippen molar-refractivity contribution >= 4 is 17.5 Å². The third kappa shape index (κ3) is 2.90. The molecule has 9 nitrogen and oxygen atoms in total. The number of benzene rings is 1. The second kappa shape index (κ2) is 5.36. The number of hydrazine groups is 1. The highest BCUT2D eigenvalue weighted by Crippen LogP contribution is 2.32. The number of hydrogen-bond acceptors (Lipinski definition) is 8. The Bertz CT molecular complexity index is 661. The van der Waals surface area contributed by atoms with Gasteiger partial charge in [-0.25, -0.2) is 5.84 Å². The van der Waals surface area contributed by atoms with Crippen molar-refractivity contribution in [2.45, 2.75) is 6.92 Å². The van der Waals surface area contributed by atoms with E-state index in [2.05, 4.69) is 15.4 Å². The van der Waals surface area contributed by atoms with Gasteiger partial charge in [0.25, 0.3) is 0 Å². The largest absolute Gasteiger partial charge is 0.432 e. The molecular weight excluding hydrogens is 264 g/mol. The highest BCUT2D eigenvalue weighted by atomic mass is 16.6. The number of hydrogen-bond donors (Lipinski definition) is 3. The van der Waals surface area contributed by atoms with E-state index >= 15 is 0 Å². The zero-order valence-corrected chi connectivity index (χ0v) is 10.5. The van der Waals surface area contributed by atoms with Gasteiger partial charge in [-0.1, -0.05) is 6.07 Å². The molecule has 1 aromatic heterocycles. The molecule has 0 saturated heterocycles. The number of rotatable bonds is 4. The Morgan fingerprint density at radius 3 is 2.75 bits per heavy atom. The average Bonchev–Trinajstić information content (AvgIpc) is 2.37. The van der Waals surface area contributed by atoms with Gasteiger partial charge in [0, 0.05) is 12.1 Å². The molecule has 20 heavy (non-hydrogen) atoms. The van der Waals surface area contributed by atoms with Crippen LogP contribution in [-0.4, -0.2) is 14.9 Å². The van der Waals surface area contributed by atoms with Crippen LogP contribution in [0.5, 0.6) is 11.6 Å². The normalized spacial score (nSPS) is 10.1. The lowest BCUT2D eigenvalue weighted by molar-refractivity contribution is -0.385. The van der Waals surface area contributed by atoms with Gasteiger partial charge in [-0.2, -0.15) is 9.97 Å². The van der Waals surface area contributed by atoms with Gasteiger partial charge in [-0.15, -0.1) is 0 Å². The summed E-state index contributed by atoms with van der Waals surface area (Å²) in [5.74, 6) is 5.52. The fourth-order valence-electron chi connectivity index (χ4n) is 1.54. The Hall–Kier alpha value is -2.94. The van der Waals surface area contributed by atoms with Gasteiger partial charge in [0.2, 0.25) is 17.6 Å². The molecule has 5 N–H and O–H groups in total. The van der Waals surface area contributed by atoms with E-state index in [9.17, 15) is 10.1 Å². The summed E-state index contributed by atoms with van der Waals surface area (Å²) in [6, 6.07) is 5.89. The highest BCUT2D eigenvalue weighted by molar-refractivity contribution is 5.51. The molecule has 0 atom stereocenters. The lowest BCUT2D eigenvalue weighted by Gasteiger charge is -2.08. The Labute approximate surface area is 113 Å². The molecule has 1 heterocycles. The minimum Gasteiger partial charge on any atom is -0.432 e. The van der Waals surface area contributed by atoms with Crippen molar-refractivity contribution in [2.75, 3.05) is 11.2 Å². The highest BCUT2D eigenvalue weighted by Gasteiger charge is 2.16. The van der Waals surface area contributed by atoms with Crippen LogP contribution in [0.15, 0.2) is 24.3 Å². The van der Waals surface area contributed by atoms with E-state index in [-0.39, 0.29) is 29.1 Å². The van der Waals surface area contributed by atoms with E-state index in [0.717, 1.165) is 5.56 Å². The van der Waals surface area contributed by atoms with Gasteiger partial charge < -0.3 is 15.9 Å². The van der Waals surface area contributed by atoms with E-state index in [1.54, 1.807) is 13.0 Å². The first-order chi connectivity index (χ1) is 9.49. The van der Waals surface area contributed by atoms with Crippen LogP contribution in [0.2, 0.25) is 0 Å². The van der Waals surface area contributed by atoms with Gasteiger partial charge in [0.1, 0.15) is 5.82 Å². The number of nitro groups is 1. The number of nitrogens with two attached hydrogens (primary N) is 2. The fraction of sp³-hybridized carbons (Fsp3) is 0.0909. The minimum absolute atomic E-state index is 0.0548. The molecule has 0 aliphatic carbocycles. The minimum atomic E-state index is -0.540. The number of aryl methyl sites for hydroxylation is 1. The monoisotopic (exact) mass is 276 g/mol. The lowest BCUT2D eigenvalue weighted by Crippen LogP contribution is -2.10. The smallest absolute Gasteiger partial charge is 0.311 e. The molecule has 9 heteroatoms. The summed E-state index contributed by atoms with van der Waals surface area (Å²) in [4.78, 5) is 18.0. The Morgan fingerprint density at radius 1 is 1.35 bits per heavy atom. The number of anilines is 2. The predicted molar refractivity (Wildman–Crippen MR) is 72.2 cm³/mol. The molecule has 0 spiro atoms. The van der Waals surface area contributed by atoms with Crippen LogP contribution >= 0.6 is 0 Å². The van der Waals surface area contributed by atoms with Crippen molar-refractivity contribution in [2.24, 2.45) is 5.84 Å². The van der Waals surface area contributed by atoms with Crippen molar-refractivity contribution in [3.8, 4) is 11.6 Å². The summed E-state index contributed by atoms with van der Waals surface area (Å²) in [7, 11) is 0. The molecule has 1 aromatic carbocycles. The summed E-state index contributed by atoms with van der Waals surface area (Å²) < 4.78 is 5.41. The maximum absolute atomic E-state index is 10.9. The molecule has 2 rings (SSSR count). The average molecular weight is 276 g/mol. The molecular formula is C11H12N6O3. The molecule has 0 fully saturated rings. The van der Waals surface area contributed by atoms with Gasteiger partial charge in [-0.3, -0.25) is 10.1 Å². The first-order valence-electron chi connectivity index (χ1n) is 5.53. The van der Waals surface area contributed by atoms with Gasteiger partial charge >= 0.3 is 5.69 Å². The Morgan fingerprint density at radius 2 is 2.10 bits per heavy atom.